The molecule has 1 N–H and O–H groups in total. The van der Waals surface area contributed by atoms with Crippen molar-refractivity contribution in [2.75, 3.05) is 25.5 Å². The lowest BCUT2D eigenvalue weighted by molar-refractivity contribution is -0.122. The molecule has 2 aromatic carbocycles. The van der Waals surface area contributed by atoms with Gasteiger partial charge in [0.25, 0.3) is 0 Å². The van der Waals surface area contributed by atoms with E-state index >= 15 is 0 Å². The van der Waals surface area contributed by atoms with Crippen molar-refractivity contribution in [1.29, 1.82) is 5.26 Å². The summed E-state index contributed by atoms with van der Waals surface area (Å²) in [6.45, 7) is 4.24. The van der Waals surface area contributed by atoms with Gasteiger partial charge in [-0.1, -0.05) is 73.7 Å². The summed E-state index contributed by atoms with van der Waals surface area (Å²) in [6, 6.07) is 18.6. The number of hydrogen-bond donors (Lipinski definition) is 1. The third kappa shape index (κ3) is 5.71. The minimum Gasteiger partial charge on any atom is -0.354 e. The van der Waals surface area contributed by atoms with Crippen LogP contribution in [-0.4, -0.2) is 31.5 Å². The van der Waals surface area contributed by atoms with Gasteiger partial charge in [0.15, 0.2) is 5.13 Å². The molecule has 0 saturated carbocycles. The Kier molecular flexibility index (Phi) is 7.43. The number of nitrogens with one attached hydrogen (secondary N) is 1. The molecular weight excluding hydrogens is 404 g/mol. The topological polar surface area (TPSA) is 69.0 Å². The van der Waals surface area contributed by atoms with E-state index in [4.69, 9.17) is 5.26 Å². The van der Waals surface area contributed by atoms with Gasteiger partial charge in [-0.3, -0.25) is 4.79 Å². The summed E-state index contributed by atoms with van der Waals surface area (Å²) in [7, 11) is 3.98. The number of hydrogen-bond acceptors (Lipinski definition) is 5. The summed E-state index contributed by atoms with van der Waals surface area (Å²) in [5.41, 5.74) is 4.29. The molecule has 1 aromatic heterocycles. The number of carbonyl (C=O) groups excluding carboxylic acids is 1. The molecule has 1 amide bonds. The molecule has 0 radical (unpaired) electrons. The van der Waals surface area contributed by atoms with Crippen LogP contribution >= 0.6 is 11.3 Å². The molecule has 0 fully saturated rings. The van der Waals surface area contributed by atoms with Crippen molar-refractivity contribution in [3.05, 3.63) is 60.3 Å². The highest BCUT2D eigenvalue weighted by Gasteiger charge is 2.22. The van der Waals surface area contributed by atoms with Crippen LogP contribution in [0.4, 0.5) is 5.13 Å². The number of rotatable bonds is 8. The van der Waals surface area contributed by atoms with E-state index in [1.165, 1.54) is 0 Å². The number of benzene rings is 2. The van der Waals surface area contributed by atoms with Crippen molar-refractivity contribution in [3.8, 4) is 27.6 Å². The number of nitriles is 1. The maximum Gasteiger partial charge on any atom is 0.228 e. The van der Waals surface area contributed by atoms with Crippen molar-refractivity contribution in [3.63, 3.8) is 0 Å². The number of amides is 1. The first-order valence-corrected chi connectivity index (χ1v) is 11.2. The predicted molar refractivity (Wildman–Crippen MR) is 128 cm³/mol. The highest BCUT2D eigenvalue weighted by molar-refractivity contribution is 7.18. The Morgan fingerprint density at radius 2 is 1.84 bits per heavy atom. The lowest BCUT2D eigenvalue weighted by Gasteiger charge is -2.19. The average molecular weight is 433 g/mol. The molecule has 6 heteroatoms. The Hall–Kier alpha value is -3.17. The molecule has 1 heterocycles. The number of carbonyl (C=O) groups is 1. The van der Waals surface area contributed by atoms with Crippen molar-refractivity contribution >= 4 is 22.4 Å². The summed E-state index contributed by atoms with van der Waals surface area (Å²) in [5.74, 6) is 0.00565. The van der Waals surface area contributed by atoms with Gasteiger partial charge >= 0.3 is 0 Å². The molecule has 0 aliphatic rings. The van der Waals surface area contributed by atoms with Crippen LogP contribution in [0.5, 0.6) is 0 Å². The van der Waals surface area contributed by atoms with Gasteiger partial charge in [0.1, 0.15) is 6.54 Å². The number of nitrogens with zero attached hydrogens (tertiary/aromatic N) is 3. The van der Waals surface area contributed by atoms with E-state index in [9.17, 15) is 4.79 Å². The molecule has 1 unspecified atom stereocenters. The van der Waals surface area contributed by atoms with Gasteiger partial charge in [0, 0.05) is 20.3 Å². The number of anilines is 1. The Balaban J connectivity index is 1.85. The normalized spacial score (nSPS) is 11.7. The molecule has 5 nitrogen and oxygen atoms in total. The Labute approximate surface area is 188 Å². The molecule has 3 rings (SSSR count). The molecule has 31 heavy (non-hydrogen) atoms. The Bertz CT molecular complexity index is 1060. The summed E-state index contributed by atoms with van der Waals surface area (Å²) in [4.78, 5) is 20.3. The largest absolute Gasteiger partial charge is 0.354 e. The van der Waals surface area contributed by atoms with E-state index in [2.05, 4.69) is 60.5 Å². The fraction of sp³-hybridized carbons (Fsp3) is 0.320. The highest BCUT2D eigenvalue weighted by atomic mass is 32.1. The standard InChI is InChI=1S/C25H28N4OS/c1-17(2)14-22(24(30)27-13-12-26)21-7-5-6-20(15-21)18-8-10-19(11-9-18)23-16-28-25(31-23)29(3)4/h5-11,15-17,22H,13-14H2,1-4H3,(H,27,30). The summed E-state index contributed by atoms with van der Waals surface area (Å²) in [5, 5.41) is 12.5. The summed E-state index contributed by atoms with van der Waals surface area (Å²) in [6.07, 6.45) is 2.64. The van der Waals surface area contributed by atoms with E-state index in [0.29, 0.717) is 5.92 Å². The van der Waals surface area contributed by atoms with Crippen LogP contribution in [0.1, 0.15) is 31.7 Å². The maximum absolute atomic E-state index is 12.7. The van der Waals surface area contributed by atoms with Crippen LogP contribution in [0.2, 0.25) is 0 Å². The molecule has 160 valence electrons. The van der Waals surface area contributed by atoms with Crippen LogP contribution < -0.4 is 10.2 Å². The van der Waals surface area contributed by atoms with E-state index in [1.807, 2.05) is 43.4 Å². The van der Waals surface area contributed by atoms with Gasteiger partial charge in [-0.05, 0) is 34.6 Å². The maximum atomic E-state index is 12.7. The molecule has 0 aliphatic carbocycles. The number of aromatic nitrogens is 1. The predicted octanol–water partition coefficient (Wildman–Crippen LogP) is 5.31. The Morgan fingerprint density at radius 1 is 1.13 bits per heavy atom. The SMILES string of the molecule is CC(C)CC(C(=O)NCC#N)c1cccc(-c2ccc(-c3cnc(N(C)C)s3)cc2)c1. The smallest absolute Gasteiger partial charge is 0.228 e. The molecular formula is C25H28N4OS. The van der Waals surface area contributed by atoms with Gasteiger partial charge in [0.05, 0.1) is 16.9 Å². The summed E-state index contributed by atoms with van der Waals surface area (Å²) < 4.78 is 0. The van der Waals surface area contributed by atoms with Crippen LogP contribution in [0.25, 0.3) is 21.6 Å². The van der Waals surface area contributed by atoms with E-state index in [-0.39, 0.29) is 18.4 Å². The second kappa shape index (κ2) is 10.2. The third-order valence-electron chi connectivity index (χ3n) is 5.03. The zero-order valence-electron chi connectivity index (χ0n) is 18.4. The van der Waals surface area contributed by atoms with Crippen molar-refractivity contribution in [2.45, 2.75) is 26.2 Å². The summed E-state index contributed by atoms with van der Waals surface area (Å²) >= 11 is 1.66. The Morgan fingerprint density at radius 3 is 2.45 bits per heavy atom. The quantitative estimate of drug-likeness (QED) is 0.490. The first kappa shape index (κ1) is 22.5. The zero-order chi connectivity index (χ0) is 22.4. The van der Waals surface area contributed by atoms with Crippen molar-refractivity contribution in [1.82, 2.24) is 10.3 Å². The fourth-order valence-corrected chi connectivity index (χ4v) is 4.33. The van der Waals surface area contributed by atoms with Gasteiger partial charge in [-0.25, -0.2) is 4.98 Å². The molecule has 0 saturated heterocycles. The minimum absolute atomic E-state index is 0.0295. The van der Waals surface area contributed by atoms with Crippen molar-refractivity contribution < 1.29 is 4.79 Å². The van der Waals surface area contributed by atoms with E-state index in [1.54, 1.807) is 11.3 Å². The highest BCUT2D eigenvalue weighted by Crippen LogP contribution is 2.33. The number of thiazole rings is 1. The first-order chi connectivity index (χ1) is 14.9. The lowest BCUT2D eigenvalue weighted by atomic mass is 9.88. The van der Waals surface area contributed by atoms with E-state index in [0.717, 1.165) is 38.7 Å². The van der Waals surface area contributed by atoms with Crippen LogP contribution in [0.15, 0.2) is 54.7 Å². The lowest BCUT2D eigenvalue weighted by Crippen LogP contribution is -2.30. The molecule has 0 spiro atoms. The second-order valence-electron chi connectivity index (χ2n) is 8.16. The first-order valence-electron chi connectivity index (χ1n) is 10.4. The molecule has 1 atom stereocenters. The van der Waals surface area contributed by atoms with Gasteiger partial charge in [0.2, 0.25) is 5.91 Å². The van der Waals surface area contributed by atoms with Crippen LogP contribution in [0.3, 0.4) is 0 Å². The van der Waals surface area contributed by atoms with Gasteiger partial charge < -0.3 is 10.2 Å². The van der Waals surface area contributed by atoms with Crippen LogP contribution in [0, 0.1) is 17.2 Å². The second-order valence-corrected chi connectivity index (χ2v) is 9.17. The van der Waals surface area contributed by atoms with Gasteiger partial charge in [-0.2, -0.15) is 5.26 Å². The third-order valence-corrected chi connectivity index (χ3v) is 6.25. The average Bonchev–Trinajstić information content (AvgIpc) is 3.26. The molecule has 3 aromatic rings. The van der Waals surface area contributed by atoms with Gasteiger partial charge in [-0.15, -0.1) is 0 Å². The monoisotopic (exact) mass is 432 g/mol. The zero-order valence-corrected chi connectivity index (χ0v) is 19.2. The molecule has 0 aliphatic heterocycles. The van der Waals surface area contributed by atoms with Crippen LogP contribution in [-0.2, 0) is 4.79 Å². The minimum atomic E-state index is -0.269. The fourth-order valence-electron chi connectivity index (χ4n) is 3.48. The van der Waals surface area contributed by atoms with Crippen molar-refractivity contribution in [2.24, 2.45) is 5.92 Å². The molecule has 0 bridgehead atoms. The van der Waals surface area contributed by atoms with E-state index < -0.39 is 0 Å².